The molecule has 26 heavy (non-hydrogen) atoms. The minimum absolute atomic E-state index is 0.427. The fourth-order valence-electron chi connectivity index (χ4n) is 3.13. The number of alkyl halides is 1. The molecule has 3 rings (SSSR count). The number of hydrogen-bond acceptors (Lipinski definition) is 3. The molecule has 1 aromatic rings. The average molecular weight is 419 g/mol. The van der Waals surface area contributed by atoms with Crippen LogP contribution in [0, 0.1) is 0 Å². The molecule has 0 radical (unpaired) electrons. The normalized spacial score (nSPS) is 19.7. The van der Waals surface area contributed by atoms with Crippen molar-refractivity contribution < 1.29 is 4.74 Å². The first-order valence-corrected chi connectivity index (χ1v) is 10.7. The largest absolute Gasteiger partial charge is 0.488 e. The molecule has 1 aliphatic heterocycles. The van der Waals surface area contributed by atoms with Crippen molar-refractivity contribution in [1.82, 2.24) is 5.32 Å². The van der Waals surface area contributed by atoms with Crippen LogP contribution in [0.15, 0.2) is 52.6 Å². The van der Waals surface area contributed by atoms with Crippen LogP contribution in [0.25, 0.3) is 0 Å². The molecule has 1 N–H and O–H groups in total. The van der Waals surface area contributed by atoms with Crippen LogP contribution in [0.5, 0.6) is 5.75 Å². The van der Waals surface area contributed by atoms with E-state index in [0.717, 1.165) is 55.9 Å². The van der Waals surface area contributed by atoms with Crippen molar-refractivity contribution in [2.75, 3.05) is 19.7 Å². The quantitative estimate of drug-likeness (QED) is 0.626. The molecule has 0 spiro atoms. The Hall–Kier alpha value is -1.55. The van der Waals surface area contributed by atoms with E-state index >= 15 is 0 Å². The maximum absolute atomic E-state index is 6.22. The Balaban J connectivity index is 0.00000117. The third-order valence-corrected chi connectivity index (χ3v) is 5.15. The van der Waals surface area contributed by atoms with Crippen LogP contribution in [-0.2, 0) is 0 Å². The second-order valence-corrected chi connectivity index (χ2v) is 7.34. The standard InChI is InChI=1S/C20H25BrN2O.C2H6/c1-2-15-7-5-8-17(21)13-16(15)14-24-19-10-4-3-9-18(19)20-22-11-6-12-23-20;1-2/h3-4,7,9-10,13,17H,2,5-6,8,11-12,14H2,1H3,(H,22,23);1-2H3. The Morgan fingerprint density at radius 1 is 1.23 bits per heavy atom. The molecular formula is C22H31BrN2O. The number of nitrogens with one attached hydrogen (secondary N) is 1. The Kier molecular flexibility index (Phi) is 8.96. The second-order valence-electron chi connectivity index (χ2n) is 6.16. The van der Waals surface area contributed by atoms with E-state index in [2.05, 4.69) is 51.4 Å². The zero-order chi connectivity index (χ0) is 18.8. The van der Waals surface area contributed by atoms with Gasteiger partial charge >= 0.3 is 0 Å². The van der Waals surface area contributed by atoms with E-state index in [1.54, 1.807) is 0 Å². The van der Waals surface area contributed by atoms with E-state index in [0.29, 0.717) is 11.4 Å². The molecule has 1 unspecified atom stereocenters. The van der Waals surface area contributed by atoms with Crippen molar-refractivity contribution in [3.8, 4) is 5.75 Å². The fourth-order valence-corrected chi connectivity index (χ4v) is 3.71. The zero-order valence-corrected chi connectivity index (χ0v) is 17.8. The van der Waals surface area contributed by atoms with Gasteiger partial charge in [-0.05, 0) is 49.0 Å². The van der Waals surface area contributed by atoms with Gasteiger partial charge in [-0.25, -0.2) is 0 Å². The number of allylic oxidation sites excluding steroid dienone is 2. The van der Waals surface area contributed by atoms with Gasteiger partial charge in [-0.1, -0.05) is 61.0 Å². The molecule has 1 heterocycles. The molecule has 0 saturated carbocycles. The number of benzene rings is 1. The highest BCUT2D eigenvalue weighted by molar-refractivity contribution is 9.09. The number of para-hydroxylation sites is 1. The number of aliphatic imine (C=N–C) groups is 1. The van der Waals surface area contributed by atoms with Crippen molar-refractivity contribution in [3.63, 3.8) is 0 Å². The Bertz CT molecular complexity index is 664. The lowest BCUT2D eigenvalue weighted by Gasteiger charge is -2.19. The van der Waals surface area contributed by atoms with Crippen molar-refractivity contribution >= 4 is 21.8 Å². The maximum atomic E-state index is 6.22. The first-order chi connectivity index (χ1) is 12.8. The topological polar surface area (TPSA) is 33.6 Å². The SMILES string of the molecule is CC.CCC1=CCCC(Br)C=C1COc1ccccc1C1=NCCCN1. The zero-order valence-electron chi connectivity index (χ0n) is 16.2. The average Bonchev–Trinajstić information content (AvgIpc) is 2.89. The first kappa shape index (κ1) is 20.8. The maximum Gasteiger partial charge on any atom is 0.132 e. The van der Waals surface area contributed by atoms with Gasteiger partial charge in [0.1, 0.15) is 18.2 Å². The Morgan fingerprint density at radius 2 is 2.04 bits per heavy atom. The van der Waals surface area contributed by atoms with Gasteiger partial charge in [0.2, 0.25) is 0 Å². The molecule has 0 fully saturated rings. The lowest BCUT2D eigenvalue weighted by atomic mass is 10.0. The molecule has 0 amide bonds. The van der Waals surface area contributed by atoms with Gasteiger partial charge in [0.25, 0.3) is 0 Å². The number of halogens is 1. The monoisotopic (exact) mass is 418 g/mol. The minimum atomic E-state index is 0.427. The molecule has 1 atom stereocenters. The lowest BCUT2D eigenvalue weighted by molar-refractivity contribution is 0.352. The summed E-state index contributed by atoms with van der Waals surface area (Å²) in [6.07, 6.45) is 9.07. The Morgan fingerprint density at radius 3 is 2.77 bits per heavy atom. The predicted octanol–water partition coefficient (Wildman–Crippen LogP) is 5.65. The van der Waals surface area contributed by atoms with Gasteiger partial charge in [-0.15, -0.1) is 0 Å². The van der Waals surface area contributed by atoms with Crippen LogP contribution >= 0.6 is 15.9 Å². The highest BCUT2D eigenvalue weighted by Crippen LogP contribution is 2.26. The molecule has 0 bridgehead atoms. The number of rotatable bonds is 5. The molecule has 1 aliphatic carbocycles. The molecule has 3 nitrogen and oxygen atoms in total. The predicted molar refractivity (Wildman–Crippen MR) is 116 cm³/mol. The Labute approximate surface area is 166 Å². The van der Waals surface area contributed by atoms with E-state index in [1.165, 1.54) is 11.1 Å². The summed E-state index contributed by atoms with van der Waals surface area (Å²) in [5.41, 5.74) is 3.76. The third kappa shape index (κ3) is 5.73. The number of ether oxygens (including phenoxy) is 1. The van der Waals surface area contributed by atoms with Crippen molar-refractivity contribution in [2.45, 2.75) is 51.3 Å². The molecule has 0 saturated heterocycles. The summed E-state index contributed by atoms with van der Waals surface area (Å²) in [6, 6.07) is 8.18. The summed E-state index contributed by atoms with van der Waals surface area (Å²) in [6.45, 7) is 8.68. The summed E-state index contributed by atoms with van der Waals surface area (Å²) >= 11 is 3.74. The van der Waals surface area contributed by atoms with Gasteiger partial charge in [-0.2, -0.15) is 0 Å². The molecule has 4 heteroatoms. The van der Waals surface area contributed by atoms with Crippen molar-refractivity contribution in [3.05, 3.63) is 53.1 Å². The van der Waals surface area contributed by atoms with E-state index in [4.69, 9.17) is 4.74 Å². The summed E-state index contributed by atoms with van der Waals surface area (Å²) in [5.74, 6) is 1.86. The van der Waals surface area contributed by atoms with Gasteiger partial charge in [0.05, 0.1) is 5.56 Å². The van der Waals surface area contributed by atoms with Crippen LogP contribution in [0.1, 0.15) is 52.0 Å². The highest BCUT2D eigenvalue weighted by Gasteiger charge is 2.15. The van der Waals surface area contributed by atoms with E-state index in [-0.39, 0.29) is 0 Å². The van der Waals surface area contributed by atoms with Crippen LogP contribution in [0.2, 0.25) is 0 Å². The van der Waals surface area contributed by atoms with E-state index in [9.17, 15) is 0 Å². The second kappa shape index (κ2) is 11.2. The molecule has 1 aromatic carbocycles. The third-order valence-electron chi connectivity index (χ3n) is 4.43. The summed E-state index contributed by atoms with van der Waals surface area (Å²) in [4.78, 5) is 5.03. The van der Waals surface area contributed by atoms with Crippen molar-refractivity contribution in [1.29, 1.82) is 0 Å². The van der Waals surface area contributed by atoms with E-state index in [1.807, 2.05) is 32.0 Å². The number of amidine groups is 1. The van der Waals surface area contributed by atoms with E-state index < -0.39 is 0 Å². The van der Waals surface area contributed by atoms with Gasteiger partial charge in [0.15, 0.2) is 0 Å². The summed E-state index contributed by atoms with van der Waals surface area (Å²) < 4.78 is 6.22. The van der Waals surface area contributed by atoms with Gasteiger partial charge in [-0.3, -0.25) is 4.99 Å². The van der Waals surface area contributed by atoms with Crippen molar-refractivity contribution in [2.24, 2.45) is 4.99 Å². The van der Waals surface area contributed by atoms with Crippen LogP contribution in [0.3, 0.4) is 0 Å². The van der Waals surface area contributed by atoms with Gasteiger partial charge < -0.3 is 10.1 Å². The molecule has 142 valence electrons. The number of hydrogen-bond donors (Lipinski definition) is 1. The summed E-state index contributed by atoms with van der Waals surface area (Å²) in [5, 5.41) is 3.39. The molecule has 0 aromatic heterocycles. The highest BCUT2D eigenvalue weighted by atomic mass is 79.9. The van der Waals surface area contributed by atoms with Crippen LogP contribution < -0.4 is 10.1 Å². The van der Waals surface area contributed by atoms with Gasteiger partial charge in [0, 0.05) is 17.9 Å². The van der Waals surface area contributed by atoms with Crippen LogP contribution in [-0.4, -0.2) is 30.4 Å². The minimum Gasteiger partial charge on any atom is -0.488 e. The molecule has 2 aliphatic rings. The lowest BCUT2D eigenvalue weighted by Crippen LogP contribution is -2.30. The summed E-state index contributed by atoms with van der Waals surface area (Å²) in [7, 11) is 0. The smallest absolute Gasteiger partial charge is 0.132 e. The van der Waals surface area contributed by atoms with Crippen LogP contribution in [0.4, 0.5) is 0 Å². The molecular weight excluding hydrogens is 388 g/mol. The fraction of sp³-hybridized carbons (Fsp3) is 0.500. The first-order valence-electron chi connectivity index (χ1n) is 9.82. The number of nitrogens with zero attached hydrogens (tertiary/aromatic N) is 1.